The minimum Gasteiger partial charge on any atom is -0.465 e. The van der Waals surface area contributed by atoms with E-state index in [1.54, 1.807) is 6.26 Å². The summed E-state index contributed by atoms with van der Waals surface area (Å²) in [5.41, 5.74) is 0. The van der Waals surface area contributed by atoms with Crippen LogP contribution in [-0.2, 0) is 4.74 Å². The van der Waals surface area contributed by atoms with Crippen LogP contribution in [0.25, 0.3) is 6.08 Å². The van der Waals surface area contributed by atoms with Crippen molar-refractivity contribution in [3.8, 4) is 0 Å². The van der Waals surface area contributed by atoms with Crippen molar-refractivity contribution in [2.24, 2.45) is 5.92 Å². The van der Waals surface area contributed by atoms with E-state index in [4.69, 9.17) is 13.7 Å². The lowest BCUT2D eigenvalue weighted by atomic mass is 9.91. The fourth-order valence-electron chi connectivity index (χ4n) is 2.87. The van der Waals surface area contributed by atoms with Crippen molar-refractivity contribution in [1.29, 1.82) is 0 Å². The summed E-state index contributed by atoms with van der Waals surface area (Å²) in [6, 6.07) is 3.86. The quantitative estimate of drug-likeness (QED) is 0.836. The van der Waals surface area contributed by atoms with Gasteiger partial charge in [0.1, 0.15) is 5.76 Å². The molecule has 1 atom stereocenters. The summed E-state index contributed by atoms with van der Waals surface area (Å²) in [6.45, 7) is 6.42. The summed E-state index contributed by atoms with van der Waals surface area (Å²) in [4.78, 5) is 4.59. The van der Waals surface area contributed by atoms with E-state index < -0.39 is 0 Å². The molecule has 0 bridgehead atoms. The number of hydrogen-bond donors (Lipinski definition) is 1. The van der Waals surface area contributed by atoms with Gasteiger partial charge in [-0.1, -0.05) is 25.1 Å². The second kappa shape index (κ2) is 8.26. The van der Waals surface area contributed by atoms with Crippen LogP contribution in [0, 0.1) is 5.92 Å². The van der Waals surface area contributed by atoms with E-state index in [1.165, 1.54) is 0 Å². The molecule has 0 saturated carbocycles. The zero-order valence-corrected chi connectivity index (χ0v) is 14.3. The van der Waals surface area contributed by atoms with Crippen molar-refractivity contribution in [2.45, 2.75) is 38.6 Å². The standard InChI is InChI=1S/C18H25N3O3/c1-13(2)17-20-18(24-21-17)16(14-7-11-22-12-8-14)19-9-3-5-15-6-4-10-23-15/h3-6,10,13-14,16,19H,7-9,11-12H2,1-2H3/b5-3+. The summed E-state index contributed by atoms with van der Waals surface area (Å²) in [6.07, 6.45) is 7.67. The van der Waals surface area contributed by atoms with Crippen LogP contribution in [0.3, 0.4) is 0 Å². The maximum atomic E-state index is 5.54. The molecule has 0 aliphatic carbocycles. The van der Waals surface area contributed by atoms with Gasteiger partial charge in [-0.2, -0.15) is 4.98 Å². The van der Waals surface area contributed by atoms with E-state index in [-0.39, 0.29) is 12.0 Å². The molecular weight excluding hydrogens is 306 g/mol. The third kappa shape index (κ3) is 4.33. The van der Waals surface area contributed by atoms with E-state index in [1.807, 2.05) is 24.3 Å². The minimum absolute atomic E-state index is 0.0511. The Morgan fingerprint density at radius 1 is 1.33 bits per heavy atom. The van der Waals surface area contributed by atoms with Crippen molar-refractivity contribution in [2.75, 3.05) is 19.8 Å². The molecule has 0 aromatic carbocycles. The van der Waals surface area contributed by atoms with Gasteiger partial charge in [0.05, 0.1) is 12.3 Å². The van der Waals surface area contributed by atoms with E-state index in [9.17, 15) is 0 Å². The number of aromatic nitrogens is 2. The van der Waals surface area contributed by atoms with Crippen molar-refractivity contribution < 1.29 is 13.7 Å². The highest BCUT2D eigenvalue weighted by atomic mass is 16.5. The Balaban J connectivity index is 1.66. The van der Waals surface area contributed by atoms with Crippen molar-refractivity contribution in [1.82, 2.24) is 15.5 Å². The van der Waals surface area contributed by atoms with Gasteiger partial charge in [-0.25, -0.2) is 0 Å². The summed E-state index contributed by atoms with van der Waals surface area (Å²) in [5.74, 6) is 2.99. The van der Waals surface area contributed by atoms with Gasteiger partial charge >= 0.3 is 0 Å². The lowest BCUT2D eigenvalue weighted by Gasteiger charge is -2.28. The summed E-state index contributed by atoms with van der Waals surface area (Å²) in [5, 5.41) is 7.65. The Labute approximate surface area is 142 Å². The smallest absolute Gasteiger partial charge is 0.244 e. The first-order valence-corrected chi connectivity index (χ1v) is 8.58. The fraction of sp³-hybridized carbons (Fsp3) is 0.556. The number of hydrogen-bond acceptors (Lipinski definition) is 6. The third-order valence-electron chi connectivity index (χ3n) is 4.26. The van der Waals surface area contributed by atoms with Crippen LogP contribution in [0.2, 0.25) is 0 Å². The molecule has 3 rings (SSSR count). The largest absolute Gasteiger partial charge is 0.465 e. The van der Waals surface area contributed by atoms with Crippen molar-refractivity contribution >= 4 is 6.08 Å². The molecule has 0 amide bonds. The highest BCUT2D eigenvalue weighted by Gasteiger charge is 2.29. The molecule has 3 heterocycles. The average Bonchev–Trinajstić information content (AvgIpc) is 3.27. The first kappa shape index (κ1) is 16.9. The summed E-state index contributed by atoms with van der Waals surface area (Å²) < 4.78 is 16.3. The van der Waals surface area contributed by atoms with Gasteiger partial charge in [0.2, 0.25) is 5.89 Å². The first-order valence-electron chi connectivity index (χ1n) is 8.58. The molecule has 1 aliphatic rings. The molecule has 0 spiro atoms. The highest BCUT2D eigenvalue weighted by molar-refractivity contribution is 5.42. The molecule has 2 aromatic rings. The molecule has 6 nitrogen and oxygen atoms in total. The van der Waals surface area contributed by atoms with E-state index in [0.29, 0.717) is 18.4 Å². The molecule has 1 N–H and O–H groups in total. The number of nitrogens with one attached hydrogen (secondary N) is 1. The van der Waals surface area contributed by atoms with Crippen molar-refractivity contribution in [3.63, 3.8) is 0 Å². The van der Waals surface area contributed by atoms with E-state index >= 15 is 0 Å². The lowest BCUT2D eigenvalue weighted by molar-refractivity contribution is 0.0494. The molecule has 0 radical (unpaired) electrons. The van der Waals surface area contributed by atoms with E-state index in [0.717, 1.165) is 37.6 Å². The molecule has 1 unspecified atom stereocenters. The highest BCUT2D eigenvalue weighted by Crippen LogP contribution is 2.29. The van der Waals surface area contributed by atoms with Crippen LogP contribution >= 0.6 is 0 Å². The lowest BCUT2D eigenvalue weighted by Crippen LogP contribution is -2.32. The molecule has 1 aliphatic heterocycles. The minimum atomic E-state index is 0.0511. The Kier molecular flexibility index (Phi) is 5.82. The van der Waals surface area contributed by atoms with Crippen LogP contribution in [-0.4, -0.2) is 29.9 Å². The van der Waals surface area contributed by atoms with Crippen LogP contribution < -0.4 is 5.32 Å². The zero-order valence-electron chi connectivity index (χ0n) is 14.3. The van der Waals surface area contributed by atoms with E-state index in [2.05, 4.69) is 29.3 Å². The van der Waals surface area contributed by atoms with Gasteiger partial charge in [0.25, 0.3) is 0 Å². The number of nitrogens with zero attached hydrogens (tertiary/aromatic N) is 2. The Morgan fingerprint density at radius 2 is 2.17 bits per heavy atom. The van der Waals surface area contributed by atoms with Crippen LogP contribution in [0.15, 0.2) is 33.4 Å². The van der Waals surface area contributed by atoms with Crippen LogP contribution in [0.5, 0.6) is 0 Å². The number of furan rings is 1. The molecule has 130 valence electrons. The molecule has 1 saturated heterocycles. The van der Waals surface area contributed by atoms with Gasteiger partial charge < -0.3 is 19.0 Å². The monoisotopic (exact) mass is 331 g/mol. The predicted octanol–water partition coefficient (Wildman–Crippen LogP) is 3.56. The number of ether oxygens (including phenoxy) is 1. The SMILES string of the molecule is CC(C)c1noc(C(NC/C=C/c2ccco2)C2CCOCC2)n1. The summed E-state index contributed by atoms with van der Waals surface area (Å²) >= 11 is 0. The molecule has 24 heavy (non-hydrogen) atoms. The normalized spacial score (nSPS) is 17.8. The second-order valence-electron chi connectivity index (χ2n) is 6.40. The number of rotatable bonds is 7. The maximum absolute atomic E-state index is 5.54. The van der Waals surface area contributed by atoms with Gasteiger partial charge in [-0.3, -0.25) is 0 Å². The second-order valence-corrected chi connectivity index (χ2v) is 6.40. The third-order valence-corrected chi connectivity index (χ3v) is 4.26. The van der Waals surface area contributed by atoms with Gasteiger partial charge in [-0.05, 0) is 37.0 Å². The predicted molar refractivity (Wildman–Crippen MR) is 90.4 cm³/mol. The van der Waals surface area contributed by atoms with Gasteiger partial charge in [0.15, 0.2) is 5.82 Å². The Bertz CT molecular complexity index is 628. The first-order chi connectivity index (χ1) is 11.7. The van der Waals surface area contributed by atoms with Crippen LogP contribution in [0.1, 0.15) is 56.1 Å². The Hall–Kier alpha value is -1.92. The fourth-order valence-corrected chi connectivity index (χ4v) is 2.87. The maximum Gasteiger partial charge on any atom is 0.244 e. The van der Waals surface area contributed by atoms with Crippen LogP contribution in [0.4, 0.5) is 0 Å². The topological polar surface area (TPSA) is 73.3 Å². The molecule has 2 aromatic heterocycles. The Morgan fingerprint density at radius 3 is 2.83 bits per heavy atom. The molecule has 6 heteroatoms. The summed E-state index contributed by atoms with van der Waals surface area (Å²) in [7, 11) is 0. The van der Waals surface area contributed by atoms with Crippen molar-refractivity contribution in [3.05, 3.63) is 41.9 Å². The molecule has 1 fully saturated rings. The average molecular weight is 331 g/mol. The molecular formula is C18H25N3O3. The van der Waals surface area contributed by atoms with Gasteiger partial charge in [0, 0.05) is 25.7 Å². The van der Waals surface area contributed by atoms with Gasteiger partial charge in [-0.15, -0.1) is 0 Å². The zero-order chi connectivity index (χ0) is 16.8.